The molecule has 1 aliphatic carbocycles. The van der Waals surface area contributed by atoms with Crippen molar-refractivity contribution in [3.05, 3.63) is 35.4 Å². The second-order valence-electron chi connectivity index (χ2n) is 7.92. The lowest BCUT2D eigenvalue weighted by Crippen LogP contribution is -2.39. The van der Waals surface area contributed by atoms with Gasteiger partial charge in [-0.25, -0.2) is 0 Å². The number of unbranched alkanes of at least 4 members (excludes halogenated alkanes) is 1. The summed E-state index contributed by atoms with van der Waals surface area (Å²) in [6, 6.07) is 7.87. The van der Waals surface area contributed by atoms with E-state index in [0.29, 0.717) is 0 Å². The van der Waals surface area contributed by atoms with Crippen molar-refractivity contribution in [2.75, 3.05) is 26.7 Å². The standard InChI is InChI=1S/C22H34N4O.HI/c1-3-4-13-24-21(27)18-11-9-17(10-12-18)14-25-22(23-2)26-15-19-7-5-6-8-20(19)16-26;/h9-12,19-20H,3-8,13-16H2,1-2H3,(H,23,25)(H,24,27);1H. The number of nitrogens with zero attached hydrogens (tertiary/aromatic N) is 2. The Kier molecular flexibility index (Phi) is 9.55. The van der Waals surface area contributed by atoms with E-state index in [2.05, 4.69) is 27.4 Å². The zero-order chi connectivity index (χ0) is 19.1. The second kappa shape index (κ2) is 11.6. The third-order valence-corrected chi connectivity index (χ3v) is 5.97. The van der Waals surface area contributed by atoms with Crippen molar-refractivity contribution in [2.24, 2.45) is 16.8 Å². The maximum absolute atomic E-state index is 12.1. The van der Waals surface area contributed by atoms with Gasteiger partial charge in [-0.1, -0.05) is 38.3 Å². The molecule has 0 radical (unpaired) electrons. The highest BCUT2D eigenvalue weighted by Gasteiger charge is 2.35. The highest BCUT2D eigenvalue weighted by Crippen LogP contribution is 2.35. The fraction of sp³-hybridized carbons (Fsp3) is 0.636. The number of rotatable bonds is 6. The Bertz CT molecular complexity index is 632. The monoisotopic (exact) mass is 498 g/mol. The Morgan fingerprint density at radius 2 is 1.75 bits per heavy atom. The number of guanidine groups is 1. The smallest absolute Gasteiger partial charge is 0.251 e. The minimum Gasteiger partial charge on any atom is -0.352 e. The molecule has 2 aliphatic rings. The summed E-state index contributed by atoms with van der Waals surface area (Å²) in [5, 5.41) is 6.46. The van der Waals surface area contributed by atoms with Crippen molar-refractivity contribution in [3.8, 4) is 0 Å². The van der Waals surface area contributed by atoms with Gasteiger partial charge in [-0.3, -0.25) is 9.79 Å². The maximum atomic E-state index is 12.1. The quantitative estimate of drug-likeness (QED) is 0.270. The van der Waals surface area contributed by atoms with Crippen LogP contribution in [-0.4, -0.2) is 43.4 Å². The van der Waals surface area contributed by atoms with Gasteiger partial charge >= 0.3 is 0 Å². The summed E-state index contributed by atoms with van der Waals surface area (Å²) < 4.78 is 0. The zero-order valence-electron chi connectivity index (χ0n) is 17.2. The fourth-order valence-corrected chi connectivity index (χ4v) is 4.35. The predicted octanol–water partition coefficient (Wildman–Crippen LogP) is 4.03. The van der Waals surface area contributed by atoms with E-state index in [-0.39, 0.29) is 29.9 Å². The highest BCUT2D eigenvalue weighted by molar-refractivity contribution is 14.0. The zero-order valence-corrected chi connectivity index (χ0v) is 19.6. The second-order valence-corrected chi connectivity index (χ2v) is 7.92. The molecule has 1 amide bonds. The van der Waals surface area contributed by atoms with E-state index in [1.165, 1.54) is 25.7 Å². The first-order valence-corrected chi connectivity index (χ1v) is 10.5. The number of halogens is 1. The lowest BCUT2D eigenvalue weighted by molar-refractivity contribution is 0.0953. The van der Waals surface area contributed by atoms with Crippen molar-refractivity contribution < 1.29 is 4.79 Å². The number of aliphatic imine (C=N–C) groups is 1. The number of fused-ring (bicyclic) bond motifs is 1. The van der Waals surface area contributed by atoms with Crippen LogP contribution in [0.4, 0.5) is 0 Å². The molecule has 5 nitrogen and oxygen atoms in total. The van der Waals surface area contributed by atoms with Crippen LogP contribution >= 0.6 is 24.0 Å². The molecule has 2 atom stereocenters. The number of hydrogen-bond donors (Lipinski definition) is 2. The van der Waals surface area contributed by atoms with Crippen molar-refractivity contribution in [3.63, 3.8) is 0 Å². The van der Waals surface area contributed by atoms with Gasteiger partial charge in [0.25, 0.3) is 5.91 Å². The minimum absolute atomic E-state index is 0. The third kappa shape index (κ3) is 6.09. The number of nitrogens with one attached hydrogen (secondary N) is 2. The summed E-state index contributed by atoms with van der Waals surface area (Å²) in [6.07, 6.45) is 7.63. The molecule has 1 saturated heterocycles. The van der Waals surface area contributed by atoms with Gasteiger partial charge in [0.1, 0.15) is 0 Å². The molecular weight excluding hydrogens is 463 g/mol. The van der Waals surface area contributed by atoms with Crippen LogP contribution in [0, 0.1) is 11.8 Å². The first-order chi connectivity index (χ1) is 13.2. The summed E-state index contributed by atoms with van der Waals surface area (Å²) >= 11 is 0. The van der Waals surface area contributed by atoms with Crippen LogP contribution in [0.2, 0.25) is 0 Å². The number of benzene rings is 1. The number of hydrogen-bond acceptors (Lipinski definition) is 2. The lowest BCUT2D eigenvalue weighted by atomic mass is 9.82. The molecular formula is C22H35IN4O. The molecule has 1 aromatic rings. The van der Waals surface area contributed by atoms with Gasteiger partial charge in [0.2, 0.25) is 0 Å². The summed E-state index contributed by atoms with van der Waals surface area (Å²) in [5.41, 5.74) is 1.89. The average molecular weight is 498 g/mol. The minimum atomic E-state index is 0. The average Bonchev–Trinajstić information content (AvgIpc) is 3.13. The molecule has 1 aromatic carbocycles. The van der Waals surface area contributed by atoms with E-state index < -0.39 is 0 Å². The number of amides is 1. The molecule has 0 spiro atoms. The Balaban J connectivity index is 0.00000280. The highest BCUT2D eigenvalue weighted by atomic mass is 127. The predicted molar refractivity (Wildman–Crippen MR) is 126 cm³/mol. The van der Waals surface area contributed by atoms with Crippen LogP contribution in [0.25, 0.3) is 0 Å². The molecule has 2 N–H and O–H groups in total. The van der Waals surface area contributed by atoms with E-state index >= 15 is 0 Å². The van der Waals surface area contributed by atoms with E-state index in [4.69, 9.17) is 0 Å². The van der Waals surface area contributed by atoms with Gasteiger partial charge in [-0.05, 0) is 48.8 Å². The molecule has 1 saturated carbocycles. The molecule has 2 unspecified atom stereocenters. The summed E-state index contributed by atoms with van der Waals surface area (Å²) in [5.74, 6) is 2.72. The third-order valence-electron chi connectivity index (χ3n) is 5.97. The number of carbonyl (C=O) groups is 1. The van der Waals surface area contributed by atoms with Gasteiger partial charge in [-0.15, -0.1) is 24.0 Å². The van der Waals surface area contributed by atoms with E-state index in [0.717, 1.165) is 67.9 Å². The van der Waals surface area contributed by atoms with Crippen molar-refractivity contribution in [2.45, 2.75) is 52.0 Å². The van der Waals surface area contributed by atoms with Crippen LogP contribution in [-0.2, 0) is 6.54 Å². The summed E-state index contributed by atoms with van der Waals surface area (Å²) in [6.45, 7) is 5.88. The molecule has 156 valence electrons. The van der Waals surface area contributed by atoms with Crippen LogP contribution in [0.15, 0.2) is 29.3 Å². The Morgan fingerprint density at radius 3 is 2.32 bits per heavy atom. The van der Waals surface area contributed by atoms with Crippen LogP contribution in [0.3, 0.4) is 0 Å². The van der Waals surface area contributed by atoms with Gasteiger partial charge in [0, 0.05) is 38.8 Å². The summed E-state index contributed by atoms with van der Waals surface area (Å²) in [4.78, 5) is 19.0. The van der Waals surface area contributed by atoms with Crippen LogP contribution in [0.5, 0.6) is 0 Å². The molecule has 0 bridgehead atoms. The number of likely N-dealkylation sites (tertiary alicyclic amines) is 1. The SMILES string of the molecule is CCCCNC(=O)c1ccc(CNC(=NC)N2CC3CCCCC3C2)cc1.I. The van der Waals surface area contributed by atoms with Gasteiger partial charge in [0.15, 0.2) is 5.96 Å². The molecule has 1 heterocycles. The molecule has 1 aliphatic heterocycles. The Morgan fingerprint density at radius 1 is 1.11 bits per heavy atom. The van der Waals surface area contributed by atoms with Gasteiger partial charge in [0.05, 0.1) is 0 Å². The van der Waals surface area contributed by atoms with Crippen LogP contribution in [0.1, 0.15) is 61.4 Å². The van der Waals surface area contributed by atoms with Gasteiger partial charge < -0.3 is 15.5 Å². The van der Waals surface area contributed by atoms with Crippen molar-refractivity contribution in [1.82, 2.24) is 15.5 Å². The maximum Gasteiger partial charge on any atom is 0.251 e. The molecule has 28 heavy (non-hydrogen) atoms. The first-order valence-electron chi connectivity index (χ1n) is 10.5. The van der Waals surface area contributed by atoms with E-state index in [9.17, 15) is 4.79 Å². The molecule has 6 heteroatoms. The lowest BCUT2D eigenvalue weighted by Gasteiger charge is -2.22. The van der Waals surface area contributed by atoms with E-state index in [1.807, 2.05) is 31.3 Å². The fourth-order valence-electron chi connectivity index (χ4n) is 4.35. The van der Waals surface area contributed by atoms with Crippen molar-refractivity contribution >= 4 is 35.8 Å². The molecule has 3 rings (SSSR count). The molecule has 2 fully saturated rings. The Labute approximate surface area is 186 Å². The van der Waals surface area contributed by atoms with Gasteiger partial charge in [-0.2, -0.15) is 0 Å². The largest absolute Gasteiger partial charge is 0.352 e. The Hall–Kier alpha value is -1.31. The van der Waals surface area contributed by atoms with Crippen LogP contribution < -0.4 is 10.6 Å². The number of carbonyl (C=O) groups excluding carboxylic acids is 1. The first kappa shape index (κ1) is 23.0. The van der Waals surface area contributed by atoms with Crippen molar-refractivity contribution in [1.29, 1.82) is 0 Å². The van der Waals surface area contributed by atoms with E-state index in [1.54, 1.807) is 0 Å². The molecule has 0 aromatic heterocycles. The topological polar surface area (TPSA) is 56.7 Å². The normalized spacial score (nSPS) is 21.6. The summed E-state index contributed by atoms with van der Waals surface area (Å²) in [7, 11) is 1.87.